The highest BCUT2D eigenvalue weighted by Crippen LogP contribution is 2.30. The third-order valence-electron chi connectivity index (χ3n) is 3.46. The van der Waals surface area contributed by atoms with E-state index in [0.29, 0.717) is 22.8 Å². The van der Waals surface area contributed by atoms with Gasteiger partial charge in [0.25, 0.3) is 5.91 Å². The average Bonchev–Trinajstić information content (AvgIpc) is 2.59. The summed E-state index contributed by atoms with van der Waals surface area (Å²) in [6, 6.07) is 11.1. The maximum atomic E-state index is 13.1. The van der Waals surface area contributed by atoms with Crippen LogP contribution < -0.4 is 14.9 Å². The highest BCUT2D eigenvalue weighted by Gasteiger charge is 2.27. The molecule has 0 saturated heterocycles. The van der Waals surface area contributed by atoms with Gasteiger partial charge in [-0.25, -0.2) is 9.82 Å². The van der Waals surface area contributed by atoms with Crippen LogP contribution in [-0.4, -0.2) is 24.3 Å². The lowest BCUT2D eigenvalue weighted by molar-refractivity contribution is -0.130. The van der Waals surface area contributed by atoms with E-state index in [1.165, 1.54) is 18.2 Å². The van der Waals surface area contributed by atoms with Gasteiger partial charge in [0.05, 0.1) is 10.7 Å². The minimum absolute atomic E-state index is 0.0920. The fourth-order valence-electron chi connectivity index (χ4n) is 2.20. The second-order valence-corrected chi connectivity index (χ2v) is 5.57. The Kier molecular flexibility index (Phi) is 4.66. The van der Waals surface area contributed by atoms with Crippen molar-refractivity contribution in [2.75, 3.05) is 6.61 Å². The van der Waals surface area contributed by atoms with E-state index in [1.54, 1.807) is 25.1 Å². The van der Waals surface area contributed by atoms with E-state index in [9.17, 15) is 9.18 Å². The van der Waals surface area contributed by atoms with Gasteiger partial charge < -0.3 is 9.47 Å². The molecule has 0 spiro atoms. The summed E-state index contributed by atoms with van der Waals surface area (Å²) >= 11 is 5.97. The van der Waals surface area contributed by atoms with E-state index < -0.39 is 17.8 Å². The van der Waals surface area contributed by atoms with Crippen LogP contribution in [0.15, 0.2) is 47.6 Å². The van der Waals surface area contributed by atoms with Crippen LogP contribution in [0.3, 0.4) is 0 Å². The summed E-state index contributed by atoms with van der Waals surface area (Å²) < 4.78 is 24.1. The summed E-state index contributed by atoms with van der Waals surface area (Å²) in [6.07, 6.45) is -0.805. The monoisotopic (exact) mass is 348 g/mol. The Balaban J connectivity index is 1.67. The molecule has 7 heteroatoms. The number of ether oxygens (including phenoxy) is 2. The molecule has 0 saturated carbocycles. The van der Waals surface area contributed by atoms with Crippen molar-refractivity contribution in [3.63, 3.8) is 0 Å². The predicted octanol–water partition coefficient (Wildman–Crippen LogP) is 3.16. The van der Waals surface area contributed by atoms with Crippen molar-refractivity contribution in [3.8, 4) is 11.5 Å². The quantitative estimate of drug-likeness (QED) is 0.684. The van der Waals surface area contributed by atoms with Crippen LogP contribution in [0.4, 0.5) is 4.39 Å². The molecule has 3 rings (SSSR count). The molecule has 0 radical (unpaired) electrons. The van der Waals surface area contributed by atoms with E-state index in [1.807, 2.05) is 6.07 Å². The second kappa shape index (κ2) is 6.88. The Morgan fingerprint density at radius 3 is 2.79 bits per heavy atom. The molecule has 2 aromatic rings. The molecule has 1 aliphatic heterocycles. The predicted molar refractivity (Wildman–Crippen MR) is 88.1 cm³/mol. The molecular weight excluding hydrogens is 335 g/mol. The van der Waals surface area contributed by atoms with Crippen LogP contribution in [0.2, 0.25) is 5.02 Å². The van der Waals surface area contributed by atoms with Gasteiger partial charge in [0.1, 0.15) is 12.4 Å². The Labute approximate surface area is 143 Å². The summed E-state index contributed by atoms with van der Waals surface area (Å²) in [5, 5.41) is 4.21. The third-order valence-corrected chi connectivity index (χ3v) is 3.77. The van der Waals surface area contributed by atoms with Crippen molar-refractivity contribution in [3.05, 3.63) is 58.9 Å². The lowest BCUT2D eigenvalue weighted by atomic mass is 10.1. The zero-order valence-electron chi connectivity index (χ0n) is 12.8. The molecule has 1 heterocycles. The fraction of sp³-hybridized carbons (Fsp3) is 0.176. The van der Waals surface area contributed by atoms with Crippen LogP contribution in [0.25, 0.3) is 0 Å². The minimum Gasteiger partial charge on any atom is -0.485 e. The maximum absolute atomic E-state index is 13.1. The highest BCUT2D eigenvalue weighted by atomic mass is 35.5. The van der Waals surface area contributed by atoms with Gasteiger partial charge in [-0.2, -0.15) is 5.10 Å². The number of rotatable bonds is 3. The van der Waals surface area contributed by atoms with Gasteiger partial charge in [0, 0.05) is 5.56 Å². The summed E-state index contributed by atoms with van der Waals surface area (Å²) in [5.41, 5.74) is 3.40. The molecule has 0 aliphatic carbocycles. The SMILES string of the molecule is C/C(=N/NC(=O)[C@@H]1COc2ccccc2O1)c1ccc(F)cc1Cl. The normalized spacial score (nSPS) is 16.6. The van der Waals surface area contributed by atoms with Gasteiger partial charge in [-0.15, -0.1) is 0 Å². The van der Waals surface area contributed by atoms with Crippen molar-refractivity contribution in [2.45, 2.75) is 13.0 Å². The van der Waals surface area contributed by atoms with Crippen LogP contribution in [0.5, 0.6) is 11.5 Å². The number of para-hydroxylation sites is 2. The molecule has 24 heavy (non-hydrogen) atoms. The molecule has 1 amide bonds. The molecule has 0 aromatic heterocycles. The van der Waals surface area contributed by atoms with Crippen LogP contribution in [0, 0.1) is 5.82 Å². The maximum Gasteiger partial charge on any atom is 0.284 e. The van der Waals surface area contributed by atoms with E-state index in [0.717, 1.165) is 0 Å². The van der Waals surface area contributed by atoms with Gasteiger partial charge in [-0.05, 0) is 37.3 Å². The van der Waals surface area contributed by atoms with Gasteiger partial charge in [0.15, 0.2) is 11.5 Å². The summed E-state index contributed by atoms with van der Waals surface area (Å²) in [6.45, 7) is 1.75. The lowest BCUT2D eigenvalue weighted by Gasteiger charge is -2.24. The standard InChI is InChI=1S/C17H14ClFN2O3/c1-10(12-7-6-11(19)8-13(12)18)20-21-17(22)16-9-23-14-4-2-3-5-15(14)24-16/h2-8,16H,9H2,1H3,(H,21,22)/b20-10-/t16-/m0/s1. The van der Waals surface area contributed by atoms with Crippen molar-refractivity contribution in [1.29, 1.82) is 0 Å². The summed E-state index contributed by atoms with van der Waals surface area (Å²) in [4.78, 5) is 12.2. The molecule has 5 nitrogen and oxygen atoms in total. The number of hydrazone groups is 1. The fourth-order valence-corrected chi connectivity index (χ4v) is 2.51. The number of halogens is 2. The first-order valence-electron chi connectivity index (χ1n) is 7.22. The largest absolute Gasteiger partial charge is 0.485 e. The lowest BCUT2D eigenvalue weighted by Crippen LogP contribution is -2.42. The van der Waals surface area contributed by atoms with E-state index in [4.69, 9.17) is 21.1 Å². The van der Waals surface area contributed by atoms with Crippen molar-refractivity contribution in [2.24, 2.45) is 5.10 Å². The average molecular weight is 349 g/mol. The number of amides is 1. The zero-order chi connectivity index (χ0) is 17.1. The molecular formula is C17H14ClFN2O3. The van der Waals surface area contributed by atoms with Crippen LogP contribution >= 0.6 is 11.6 Å². The van der Waals surface area contributed by atoms with Crippen LogP contribution in [-0.2, 0) is 4.79 Å². The van der Waals surface area contributed by atoms with E-state index in [-0.39, 0.29) is 11.6 Å². The number of nitrogens with one attached hydrogen (secondary N) is 1. The van der Waals surface area contributed by atoms with Crippen LogP contribution in [0.1, 0.15) is 12.5 Å². The van der Waals surface area contributed by atoms with E-state index >= 15 is 0 Å². The van der Waals surface area contributed by atoms with Gasteiger partial charge in [0.2, 0.25) is 6.10 Å². The Hall–Kier alpha value is -2.60. The van der Waals surface area contributed by atoms with Crippen molar-refractivity contribution >= 4 is 23.2 Å². The molecule has 124 valence electrons. The molecule has 0 bridgehead atoms. The Bertz CT molecular complexity index is 810. The van der Waals surface area contributed by atoms with E-state index in [2.05, 4.69) is 10.5 Å². The molecule has 1 aliphatic rings. The van der Waals surface area contributed by atoms with Gasteiger partial charge >= 0.3 is 0 Å². The molecule has 2 aromatic carbocycles. The highest BCUT2D eigenvalue weighted by molar-refractivity contribution is 6.34. The van der Waals surface area contributed by atoms with Crippen molar-refractivity contribution in [1.82, 2.24) is 5.43 Å². The smallest absolute Gasteiger partial charge is 0.284 e. The number of hydrogen-bond acceptors (Lipinski definition) is 4. The number of carbonyl (C=O) groups excluding carboxylic acids is 1. The number of fused-ring (bicyclic) bond motifs is 1. The molecule has 0 fully saturated rings. The molecule has 1 atom stereocenters. The molecule has 0 unspecified atom stereocenters. The number of benzene rings is 2. The second-order valence-electron chi connectivity index (χ2n) is 5.16. The molecule has 1 N–H and O–H groups in total. The van der Waals surface area contributed by atoms with Gasteiger partial charge in [-0.1, -0.05) is 23.7 Å². The number of hydrogen-bond donors (Lipinski definition) is 1. The minimum atomic E-state index is -0.805. The first-order valence-corrected chi connectivity index (χ1v) is 7.60. The van der Waals surface area contributed by atoms with Gasteiger partial charge in [-0.3, -0.25) is 4.79 Å². The topological polar surface area (TPSA) is 59.9 Å². The summed E-state index contributed by atoms with van der Waals surface area (Å²) in [5.74, 6) is 0.222. The Morgan fingerprint density at radius 2 is 2.04 bits per heavy atom. The first kappa shape index (κ1) is 16.3. The Morgan fingerprint density at radius 1 is 1.29 bits per heavy atom. The zero-order valence-corrected chi connectivity index (χ0v) is 13.5. The number of carbonyl (C=O) groups is 1. The summed E-state index contributed by atoms with van der Waals surface area (Å²) in [7, 11) is 0. The number of nitrogens with zero attached hydrogens (tertiary/aromatic N) is 1. The third kappa shape index (κ3) is 3.49. The first-order chi connectivity index (χ1) is 11.5. The van der Waals surface area contributed by atoms with Crippen molar-refractivity contribution < 1.29 is 18.7 Å².